The lowest BCUT2D eigenvalue weighted by molar-refractivity contribution is 0.0944. The van der Waals surface area contributed by atoms with E-state index >= 15 is 0 Å². The molecule has 0 saturated carbocycles. The second-order valence-electron chi connectivity index (χ2n) is 9.03. The molecule has 29 heavy (non-hydrogen) atoms. The second kappa shape index (κ2) is 12.0. The monoisotopic (exact) mass is 438 g/mol. The quantitative estimate of drug-likeness (QED) is 0.387. The minimum atomic E-state index is -1.72. The first-order chi connectivity index (χ1) is 13.4. The Morgan fingerprint density at radius 2 is 1.66 bits per heavy atom. The lowest BCUT2D eigenvalue weighted by Crippen LogP contribution is -2.40. The fourth-order valence-corrected chi connectivity index (χ4v) is 4.42. The van der Waals surface area contributed by atoms with Crippen molar-refractivity contribution in [2.75, 3.05) is 12.4 Å². The van der Waals surface area contributed by atoms with Crippen molar-refractivity contribution in [3.05, 3.63) is 54.1 Å². The topological polar surface area (TPSA) is 66.8 Å². The van der Waals surface area contributed by atoms with E-state index < -0.39 is 31.3 Å². The largest absolute Gasteiger partial charge is 0.413 e. The van der Waals surface area contributed by atoms with Gasteiger partial charge < -0.3 is 14.6 Å². The first kappa shape index (κ1) is 26.0. The van der Waals surface area contributed by atoms with Gasteiger partial charge >= 0.3 is 0 Å². The molecular weight excluding hydrogens is 400 g/mol. The predicted molar refractivity (Wildman–Crippen MR) is 125 cm³/mol. The van der Waals surface area contributed by atoms with Crippen molar-refractivity contribution in [3.8, 4) is 0 Å². The fourth-order valence-electron chi connectivity index (χ4n) is 2.36. The molecule has 0 radical (unpaired) electrons. The summed E-state index contributed by atoms with van der Waals surface area (Å²) < 4.78 is 18.3. The molecule has 3 atom stereocenters. The maximum absolute atomic E-state index is 12.3. The molecule has 1 rings (SSSR count). The third-order valence-corrected chi connectivity index (χ3v) is 11.3. The number of allylic oxidation sites excluding steroid dienone is 2. The highest BCUT2D eigenvalue weighted by Crippen LogP contribution is 2.36. The smallest absolute Gasteiger partial charge is 0.192 e. The average Bonchev–Trinajstić information content (AvgIpc) is 2.60. The van der Waals surface area contributed by atoms with Gasteiger partial charge in [-0.1, -0.05) is 62.8 Å². The lowest BCUT2D eigenvalue weighted by atomic mass is 10.1. The van der Waals surface area contributed by atoms with E-state index in [-0.39, 0.29) is 17.2 Å². The third kappa shape index (κ3) is 10.0. The molecule has 1 aromatic rings. The molecule has 4 nitrogen and oxygen atoms in total. The fraction of sp³-hybridized carbons (Fsp3) is 0.565. The number of rotatable bonds is 11. The van der Waals surface area contributed by atoms with Crippen LogP contribution in [-0.4, -0.2) is 47.3 Å². The summed E-state index contributed by atoms with van der Waals surface area (Å²) in [6.07, 6.45) is 6.85. The first-order valence-corrected chi connectivity index (χ1v) is 14.4. The van der Waals surface area contributed by atoms with Crippen molar-refractivity contribution in [1.29, 1.82) is 0 Å². The zero-order valence-electron chi connectivity index (χ0n) is 18.7. The second-order valence-corrected chi connectivity index (χ2v) is 15.3. The van der Waals surface area contributed by atoms with Crippen molar-refractivity contribution in [2.24, 2.45) is 0 Å². The van der Waals surface area contributed by atoms with Crippen LogP contribution in [0.3, 0.4) is 0 Å². The number of hydrogen-bond donors (Lipinski definition) is 2. The molecule has 1 unspecified atom stereocenters. The molecule has 0 fully saturated rings. The average molecular weight is 439 g/mol. The van der Waals surface area contributed by atoms with E-state index in [2.05, 4.69) is 33.9 Å². The van der Waals surface area contributed by atoms with E-state index in [0.717, 1.165) is 5.56 Å². The molecule has 0 amide bonds. The molecule has 0 bridgehead atoms. The van der Waals surface area contributed by atoms with Gasteiger partial charge in [-0.2, -0.15) is 0 Å². The van der Waals surface area contributed by atoms with E-state index in [0.29, 0.717) is 17.9 Å². The Kier molecular flexibility index (Phi) is 10.7. The third-order valence-electron chi connectivity index (χ3n) is 5.31. The summed E-state index contributed by atoms with van der Waals surface area (Å²) in [5, 5.41) is 20.4. The normalized spacial score (nSPS) is 16.4. The Morgan fingerprint density at radius 1 is 1.07 bits per heavy atom. The Bertz CT molecular complexity index is 690. The summed E-state index contributed by atoms with van der Waals surface area (Å²) >= 11 is 0. The van der Waals surface area contributed by atoms with Crippen LogP contribution in [0.25, 0.3) is 0 Å². The minimum Gasteiger partial charge on any atom is -0.413 e. The highest BCUT2D eigenvalue weighted by molar-refractivity contribution is 7.85. The molecule has 6 heteroatoms. The van der Waals surface area contributed by atoms with Gasteiger partial charge in [-0.25, -0.2) is 0 Å². The van der Waals surface area contributed by atoms with Crippen LogP contribution in [0.2, 0.25) is 18.1 Å². The van der Waals surface area contributed by atoms with Crippen molar-refractivity contribution in [1.82, 2.24) is 0 Å². The van der Waals surface area contributed by atoms with Gasteiger partial charge in [-0.3, -0.25) is 4.21 Å². The number of benzene rings is 1. The Hall–Kier alpha value is -1.05. The van der Waals surface area contributed by atoms with Crippen LogP contribution in [0.5, 0.6) is 0 Å². The number of hydrogen-bond acceptors (Lipinski definition) is 4. The summed E-state index contributed by atoms with van der Waals surface area (Å²) in [5.41, 5.74) is 1.11. The molecule has 0 saturated heterocycles. The van der Waals surface area contributed by atoms with Crippen LogP contribution in [0, 0.1) is 6.92 Å². The zero-order chi connectivity index (χ0) is 22.1. The van der Waals surface area contributed by atoms with E-state index in [4.69, 9.17) is 4.43 Å². The summed E-state index contributed by atoms with van der Waals surface area (Å²) in [5.74, 6) is 0.133. The molecule has 0 aliphatic carbocycles. The Labute approximate surface area is 180 Å². The van der Waals surface area contributed by atoms with Crippen LogP contribution in [0.1, 0.15) is 39.2 Å². The van der Waals surface area contributed by atoms with Gasteiger partial charge in [-0.15, -0.1) is 0 Å². The van der Waals surface area contributed by atoms with E-state index in [9.17, 15) is 14.4 Å². The predicted octanol–water partition coefficient (Wildman–Crippen LogP) is 4.74. The Balaban J connectivity index is 2.30. The number of aliphatic hydroxyl groups excluding tert-OH is 2. The van der Waals surface area contributed by atoms with Crippen LogP contribution < -0.4 is 0 Å². The molecule has 0 heterocycles. The molecule has 0 aliphatic heterocycles. The van der Waals surface area contributed by atoms with Crippen LogP contribution in [0.4, 0.5) is 0 Å². The summed E-state index contributed by atoms with van der Waals surface area (Å²) in [4.78, 5) is 0.703. The molecule has 0 spiro atoms. The van der Waals surface area contributed by atoms with Crippen LogP contribution in [-0.2, 0) is 15.2 Å². The highest BCUT2D eigenvalue weighted by Gasteiger charge is 2.36. The van der Waals surface area contributed by atoms with Crippen LogP contribution in [0.15, 0.2) is 53.5 Å². The van der Waals surface area contributed by atoms with Crippen molar-refractivity contribution in [3.63, 3.8) is 0 Å². The number of aliphatic hydroxyl groups is 2. The van der Waals surface area contributed by atoms with Gasteiger partial charge in [-0.05, 0) is 43.6 Å². The lowest BCUT2D eigenvalue weighted by Gasteiger charge is -2.35. The van der Waals surface area contributed by atoms with Crippen molar-refractivity contribution >= 4 is 19.1 Å². The minimum absolute atomic E-state index is 0.133. The summed E-state index contributed by atoms with van der Waals surface area (Å²) in [6.45, 7) is 13.7. The van der Waals surface area contributed by atoms with Crippen molar-refractivity contribution in [2.45, 2.75) is 75.8 Å². The van der Waals surface area contributed by atoms with Gasteiger partial charge in [0.2, 0.25) is 0 Å². The molecule has 2 N–H and O–H groups in total. The van der Waals surface area contributed by atoms with Crippen molar-refractivity contribution < 1.29 is 18.8 Å². The first-order valence-electron chi connectivity index (χ1n) is 10.2. The van der Waals surface area contributed by atoms with Gasteiger partial charge in [0.25, 0.3) is 0 Å². The molecule has 1 aromatic carbocycles. The Morgan fingerprint density at radius 3 is 2.24 bits per heavy atom. The molecule has 164 valence electrons. The highest BCUT2D eigenvalue weighted by atomic mass is 32.2. The van der Waals surface area contributed by atoms with E-state index in [1.807, 2.05) is 55.5 Å². The SMILES string of the molecule is Cc1ccc(S(=O)C[C@H](O)C[C@@H](O)C/C=C\C=C\CO[Si](C)(C)C(C)(C)C)cc1. The van der Waals surface area contributed by atoms with Gasteiger partial charge in [0, 0.05) is 11.3 Å². The standard InChI is InChI=1S/C23H38O4SSi/c1-19-12-14-22(15-13-19)28(26)18-21(25)17-20(24)11-9-7-8-10-16-27-29(5,6)23(2,3)4/h7-10,12-15,20-21,24-25H,11,16-18H2,1-6H3/b9-7-,10-8+/t20-,21+,28?/m0/s1. The van der Waals surface area contributed by atoms with Gasteiger partial charge in [0.05, 0.1) is 35.4 Å². The van der Waals surface area contributed by atoms with Crippen LogP contribution >= 0.6 is 0 Å². The molecule has 0 aliphatic rings. The summed E-state index contributed by atoms with van der Waals surface area (Å²) in [7, 11) is -2.98. The van der Waals surface area contributed by atoms with Gasteiger partial charge in [0.15, 0.2) is 8.32 Å². The zero-order valence-corrected chi connectivity index (χ0v) is 20.5. The maximum atomic E-state index is 12.3. The molecule has 0 aromatic heterocycles. The van der Waals surface area contributed by atoms with E-state index in [1.54, 1.807) is 0 Å². The number of aryl methyl sites for hydroxylation is 1. The van der Waals surface area contributed by atoms with Gasteiger partial charge in [0.1, 0.15) is 0 Å². The molecular formula is C23H38O4SSi. The maximum Gasteiger partial charge on any atom is 0.192 e. The summed E-state index contributed by atoms with van der Waals surface area (Å²) in [6, 6.07) is 7.45. The van der Waals surface area contributed by atoms with E-state index in [1.165, 1.54) is 0 Å².